The van der Waals surface area contributed by atoms with Crippen molar-refractivity contribution in [3.8, 4) is 5.75 Å². The van der Waals surface area contributed by atoms with E-state index in [-0.39, 0.29) is 28.7 Å². The van der Waals surface area contributed by atoms with Crippen molar-refractivity contribution in [2.45, 2.75) is 11.3 Å². The number of anilines is 1. The Morgan fingerprint density at radius 1 is 1.43 bits per heavy atom. The fourth-order valence-electron chi connectivity index (χ4n) is 2.81. The second kappa shape index (κ2) is 6.33. The Morgan fingerprint density at radius 3 is 2.87 bits per heavy atom. The first kappa shape index (κ1) is 16.6. The standard InChI is InChI=1S/C14H15ClN2O4S2/c1-21-11-5-3-2-4-9(11)17-10-7-23(19,20)8-12(10)22-14(17)16-13(18)6-15/h2-5,10,12H,6-8H2,1H3/t10-,12-/m1/s1. The van der Waals surface area contributed by atoms with Gasteiger partial charge >= 0.3 is 0 Å². The molecule has 1 aromatic rings. The Bertz CT molecular complexity index is 766. The van der Waals surface area contributed by atoms with E-state index in [1.807, 2.05) is 18.2 Å². The van der Waals surface area contributed by atoms with Crippen LogP contribution in [0.25, 0.3) is 0 Å². The summed E-state index contributed by atoms with van der Waals surface area (Å²) in [6.45, 7) is 0. The molecular weight excluding hydrogens is 360 g/mol. The zero-order valence-electron chi connectivity index (χ0n) is 12.3. The molecule has 1 aromatic carbocycles. The number of amides is 1. The molecule has 0 radical (unpaired) electrons. The molecule has 0 saturated carbocycles. The van der Waals surface area contributed by atoms with Crippen LogP contribution in [-0.2, 0) is 14.6 Å². The van der Waals surface area contributed by atoms with Gasteiger partial charge < -0.3 is 9.64 Å². The maximum atomic E-state index is 12.0. The first-order valence-corrected chi connectivity index (χ1v) is 10.2. The second-order valence-corrected chi connectivity index (χ2v) is 8.89. The van der Waals surface area contributed by atoms with Gasteiger partial charge in [-0.3, -0.25) is 4.79 Å². The summed E-state index contributed by atoms with van der Waals surface area (Å²) in [6, 6.07) is 7.02. The van der Waals surface area contributed by atoms with Gasteiger partial charge in [-0.15, -0.1) is 11.6 Å². The Kier molecular flexibility index (Phi) is 4.57. The average molecular weight is 375 g/mol. The van der Waals surface area contributed by atoms with Crippen LogP contribution >= 0.6 is 23.4 Å². The molecule has 124 valence electrons. The third-order valence-corrected chi connectivity index (χ3v) is 7.18. The predicted molar refractivity (Wildman–Crippen MR) is 92.5 cm³/mol. The van der Waals surface area contributed by atoms with Crippen LogP contribution in [0.15, 0.2) is 29.3 Å². The summed E-state index contributed by atoms with van der Waals surface area (Å²) in [5.41, 5.74) is 0.702. The average Bonchev–Trinajstić information content (AvgIpc) is 2.98. The van der Waals surface area contributed by atoms with E-state index in [9.17, 15) is 13.2 Å². The minimum atomic E-state index is -3.09. The lowest BCUT2D eigenvalue weighted by atomic mass is 10.2. The van der Waals surface area contributed by atoms with Gasteiger partial charge in [-0.2, -0.15) is 4.99 Å². The predicted octanol–water partition coefficient (Wildman–Crippen LogP) is 1.54. The van der Waals surface area contributed by atoms with Gasteiger partial charge in [-0.1, -0.05) is 23.9 Å². The molecule has 1 amide bonds. The Balaban J connectivity index is 2.07. The van der Waals surface area contributed by atoms with Crippen molar-refractivity contribution in [2.75, 3.05) is 29.4 Å². The smallest absolute Gasteiger partial charge is 0.262 e. The summed E-state index contributed by atoms with van der Waals surface area (Å²) in [5.74, 6) is 0.0667. The van der Waals surface area contributed by atoms with Crippen LogP contribution in [0.1, 0.15) is 0 Å². The summed E-state index contributed by atoms with van der Waals surface area (Å²) < 4.78 is 29.3. The van der Waals surface area contributed by atoms with Gasteiger partial charge in [0.1, 0.15) is 11.6 Å². The number of fused-ring (bicyclic) bond motifs is 1. The van der Waals surface area contributed by atoms with Gasteiger partial charge in [0.25, 0.3) is 5.91 Å². The van der Waals surface area contributed by atoms with Crippen molar-refractivity contribution < 1.29 is 17.9 Å². The van der Waals surface area contributed by atoms with Crippen LogP contribution in [0.2, 0.25) is 0 Å². The molecular formula is C14H15ClN2O4S2. The number of sulfone groups is 1. The number of para-hydroxylation sites is 2. The van der Waals surface area contributed by atoms with Crippen molar-refractivity contribution in [1.82, 2.24) is 0 Å². The number of amidine groups is 1. The second-order valence-electron chi connectivity index (χ2n) is 5.26. The number of hydrogen-bond donors (Lipinski definition) is 0. The van der Waals surface area contributed by atoms with Gasteiger partial charge in [0.2, 0.25) is 0 Å². The fourth-order valence-corrected chi connectivity index (χ4v) is 6.80. The molecule has 23 heavy (non-hydrogen) atoms. The van der Waals surface area contributed by atoms with Crippen LogP contribution in [0.4, 0.5) is 5.69 Å². The highest BCUT2D eigenvalue weighted by Crippen LogP contribution is 2.43. The molecule has 3 rings (SSSR count). The minimum absolute atomic E-state index is 0.0385. The van der Waals surface area contributed by atoms with E-state index in [1.165, 1.54) is 11.8 Å². The highest BCUT2D eigenvalue weighted by atomic mass is 35.5. The van der Waals surface area contributed by atoms with Crippen LogP contribution in [0.3, 0.4) is 0 Å². The van der Waals surface area contributed by atoms with Crippen molar-refractivity contribution in [2.24, 2.45) is 4.99 Å². The maximum Gasteiger partial charge on any atom is 0.262 e. The number of nitrogens with zero attached hydrogens (tertiary/aromatic N) is 2. The largest absolute Gasteiger partial charge is 0.495 e. The highest BCUT2D eigenvalue weighted by molar-refractivity contribution is 8.16. The number of benzene rings is 1. The van der Waals surface area contributed by atoms with Crippen LogP contribution in [0, 0.1) is 0 Å². The normalized spacial score (nSPS) is 27.2. The molecule has 2 atom stereocenters. The number of rotatable bonds is 3. The van der Waals surface area contributed by atoms with E-state index in [0.717, 1.165) is 0 Å². The SMILES string of the molecule is COc1ccccc1N1C(=NC(=O)CCl)S[C@@H]2CS(=O)(=O)C[C@H]21. The molecule has 2 aliphatic heterocycles. The van der Waals surface area contributed by atoms with E-state index in [2.05, 4.69) is 4.99 Å². The Morgan fingerprint density at radius 2 is 2.17 bits per heavy atom. The zero-order chi connectivity index (χ0) is 16.6. The van der Waals surface area contributed by atoms with E-state index >= 15 is 0 Å². The minimum Gasteiger partial charge on any atom is -0.495 e. The van der Waals surface area contributed by atoms with Crippen molar-refractivity contribution in [3.05, 3.63) is 24.3 Å². The van der Waals surface area contributed by atoms with Gasteiger partial charge in [0.15, 0.2) is 15.0 Å². The number of halogens is 1. The first-order chi connectivity index (χ1) is 10.9. The lowest BCUT2D eigenvalue weighted by Gasteiger charge is -2.26. The van der Waals surface area contributed by atoms with Crippen LogP contribution in [0.5, 0.6) is 5.75 Å². The summed E-state index contributed by atoms with van der Waals surface area (Å²) >= 11 is 6.85. The number of carbonyl (C=O) groups is 1. The first-order valence-electron chi connectivity index (χ1n) is 6.92. The zero-order valence-corrected chi connectivity index (χ0v) is 14.7. The molecule has 0 bridgehead atoms. The monoisotopic (exact) mass is 374 g/mol. The number of hydrogen-bond acceptors (Lipinski definition) is 5. The molecule has 0 spiro atoms. The molecule has 2 fully saturated rings. The molecule has 9 heteroatoms. The molecule has 2 saturated heterocycles. The summed E-state index contributed by atoms with van der Waals surface area (Å²) in [4.78, 5) is 17.5. The molecule has 0 aliphatic carbocycles. The van der Waals surface area contributed by atoms with E-state index in [1.54, 1.807) is 18.1 Å². The van der Waals surface area contributed by atoms with Crippen molar-refractivity contribution >= 4 is 50.0 Å². The summed E-state index contributed by atoms with van der Waals surface area (Å²) in [6.07, 6.45) is 0. The lowest BCUT2D eigenvalue weighted by Crippen LogP contribution is -2.38. The summed E-state index contributed by atoms with van der Waals surface area (Å²) in [5, 5.41) is 0.330. The van der Waals surface area contributed by atoms with E-state index in [4.69, 9.17) is 16.3 Å². The maximum absolute atomic E-state index is 12.0. The highest BCUT2D eigenvalue weighted by Gasteiger charge is 2.49. The van der Waals surface area contributed by atoms with Crippen molar-refractivity contribution in [1.29, 1.82) is 0 Å². The number of aliphatic imine (C=N–C) groups is 1. The van der Waals surface area contributed by atoms with Crippen LogP contribution < -0.4 is 9.64 Å². The number of carbonyl (C=O) groups excluding carboxylic acids is 1. The molecule has 2 heterocycles. The molecule has 0 aromatic heterocycles. The third-order valence-electron chi connectivity index (χ3n) is 3.75. The molecule has 2 aliphatic rings. The van der Waals surface area contributed by atoms with Gasteiger partial charge in [0.05, 0.1) is 30.3 Å². The number of thioether (sulfide) groups is 1. The molecule has 0 unspecified atom stereocenters. The van der Waals surface area contributed by atoms with Gasteiger partial charge in [-0.05, 0) is 12.1 Å². The molecule has 0 N–H and O–H groups in total. The van der Waals surface area contributed by atoms with Gasteiger partial charge in [0, 0.05) is 5.25 Å². The Labute approximate surface area is 143 Å². The molecule has 6 nitrogen and oxygen atoms in total. The van der Waals surface area contributed by atoms with Gasteiger partial charge in [-0.25, -0.2) is 8.42 Å². The number of alkyl halides is 1. The number of methoxy groups -OCH3 is 1. The van der Waals surface area contributed by atoms with E-state index in [0.29, 0.717) is 16.6 Å². The third kappa shape index (κ3) is 3.20. The van der Waals surface area contributed by atoms with Crippen LogP contribution in [-0.4, -0.2) is 55.3 Å². The van der Waals surface area contributed by atoms with E-state index < -0.39 is 15.7 Å². The fraction of sp³-hybridized carbons (Fsp3) is 0.429. The number of ether oxygens (including phenoxy) is 1. The Hall–Kier alpha value is -1.25. The van der Waals surface area contributed by atoms with Crippen molar-refractivity contribution in [3.63, 3.8) is 0 Å². The topological polar surface area (TPSA) is 76.0 Å². The quantitative estimate of drug-likeness (QED) is 0.747. The lowest BCUT2D eigenvalue weighted by molar-refractivity contribution is -0.115. The summed E-state index contributed by atoms with van der Waals surface area (Å²) in [7, 11) is -1.55.